The van der Waals surface area contributed by atoms with Crippen LogP contribution in [-0.2, 0) is 21.0 Å². The van der Waals surface area contributed by atoms with Gasteiger partial charge in [-0.1, -0.05) is 106 Å². The minimum Gasteiger partial charge on any atom is -0.744 e. The topological polar surface area (TPSA) is 66.4 Å². The van der Waals surface area contributed by atoms with E-state index in [-0.39, 0.29) is 10.9 Å². The normalized spacial score (nSPS) is 12.0. The third-order valence-electron chi connectivity index (χ3n) is 7.42. The Kier molecular flexibility index (Phi) is 15.3. The largest absolute Gasteiger partial charge is 0.744 e. The number of halogens is 4. The molecule has 10 heteroatoms. The average Bonchev–Trinajstić information content (AvgIpc) is 3.06. The molecule has 0 heterocycles. The maximum atomic E-state index is 14.1. The first-order chi connectivity index (χ1) is 22.5. The van der Waals surface area contributed by atoms with Gasteiger partial charge in [0.15, 0.2) is 32.1 Å². The van der Waals surface area contributed by atoms with Crippen molar-refractivity contribution < 1.29 is 35.3 Å². The van der Waals surface area contributed by atoms with Gasteiger partial charge in [0.05, 0.1) is 17.0 Å². The molecule has 47 heavy (non-hydrogen) atoms. The van der Waals surface area contributed by atoms with E-state index in [1.165, 1.54) is 20.2 Å². The molecule has 254 valence electrons. The summed E-state index contributed by atoms with van der Waals surface area (Å²) in [5.74, 6) is -10.3. The van der Waals surface area contributed by atoms with Gasteiger partial charge >= 0.3 is 0 Å². The van der Waals surface area contributed by atoms with Gasteiger partial charge in [-0.05, 0) is 62.6 Å². The Morgan fingerprint density at radius 3 is 1.64 bits per heavy atom. The van der Waals surface area contributed by atoms with Gasteiger partial charge in [0, 0.05) is 0 Å². The minimum absolute atomic E-state index is 0.0229. The van der Waals surface area contributed by atoms with Crippen molar-refractivity contribution in [3.63, 3.8) is 0 Å². The predicted molar refractivity (Wildman–Crippen MR) is 178 cm³/mol. The summed E-state index contributed by atoms with van der Waals surface area (Å²) >= 11 is 0. The monoisotopic (exact) mass is 690 g/mol. The molecule has 4 aromatic rings. The van der Waals surface area contributed by atoms with Crippen LogP contribution in [0.25, 0.3) is 0 Å². The van der Waals surface area contributed by atoms with Crippen molar-refractivity contribution in [1.29, 1.82) is 0 Å². The molecular weight excluding hydrogens is 649 g/mol. The molecule has 0 N–H and O–H groups in total. The van der Waals surface area contributed by atoms with Crippen molar-refractivity contribution in [1.82, 2.24) is 0 Å². The molecule has 0 bridgehead atoms. The molecule has 4 aromatic carbocycles. The van der Waals surface area contributed by atoms with Gasteiger partial charge in [-0.2, -0.15) is 4.39 Å². The molecule has 4 nitrogen and oxygen atoms in total. The van der Waals surface area contributed by atoms with Crippen molar-refractivity contribution in [2.45, 2.75) is 104 Å². The standard InChI is InChI=1S/C19H17S.C18H26F4O4S/c1-16-12-14-19(15-13-16)20(17-8-4-2-5-9-17)18-10-6-3-7-11-18;1-3-5-6-7-8-9-11-12(10-4-2)26-17-15(21)13(19)14(20)16(22)18(17)27(23,24)25/h2-15H,1H3;12H,3-11H2,1-2H3,(H,23,24,25)/q+1;/p-1. The first-order valence-electron chi connectivity index (χ1n) is 15.9. The van der Waals surface area contributed by atoms with E-state index >= 15 is 0 Å². The first-order valence-corrected chi connectivity index (χ1v) is 18.5. The SMILES string of the molecule is CCCCCCCCC(CCC)Oc1c(F)c(F)c(F)c(F)c1S(=O)(=O)[O-].Cc1ccc([S+](c2ccccc2)c2ccccc2)cc1. The zero-order chi connectivity index (χ0) is 34.4. The van der Waals surface area contributed by atoms with E-state index in [1.54, 1.807) is 6.92 Å². The molecule has 4 rings (SSSR count). The summed E-state index contributed by atoms with van der Waals surface area (Å²) in [5, 5.41) is 0. The van der Waals surface area contributed by atoms with Crippen LogP contribution in [0.4, 0.5) is 17.6 Å². The highest BCUT2D eigenvalue weighted by atomic mass is 32.2. The van der Waals surface area contributed by atoms with Crippen molar-refractivity contribution in [2.75, 3.05) is 0 Å². The zero-order valence-electron chi connectivity index (χ0n) is 27.0. The number of rotatable bonds is 15. The number of hydrogen-bond donors (Lipinski definition) is 0. The average molecular weight is 691 g/mol. The second kappa shape index (κ2) is 18.9. The summed E-state index contributed by atoms with van der Waals surface area (Å²) in [6.07, 6.45) is 6.37. The molecular formula is C37H42F4O4S2. The zero-order valence-corrected chi connectivity index (χ0v) is 28.6. The molecule has 0 spiro atoms. The second-order valence-corrected chi connectivity index (χ2v) is 14.5. The molecule has 0 aliphatic rings. The van der Waals surface area contributed by atoms with Crippen molar-refractivity contribution in [3.8, 4) is 5.75 Å². The Bertz CT molecular complexity index is 1600. The lowest BCUT2D eigenvalue weighted by Crippen LogP contribution is -2.21. The van der Waals surface area contributed by atoms with Gasteiger partial charge in [-0.25, -0.2) is 21.6 Å². The maximum absolute atomic E-state index is 14.1. The molecule has 0 fully saturated rings. The van der Waals surface area contributed by atoms with Crippen LogP contribution in [0.2, 0.25) is 0 Å². The van der Waals surface area contributed by atoms with E-state index < -0.39 is 50.1 Å². The number of benzene rings is 4. The lowest BCUT2D eigenvalue weighted by molar-refractivity contribution is 0.157. The molecule has 0 amide bonds. The number of ether oxygens (including phenoxy) is 1. The quantitative estimate of drug-likeness (QED) is 0.0311. The lowest BCUT2D eigenvalue weighted by Gasteiger charge is -2.22. The Hall–Kier alpha value is -3.34. The second-order valence-electron chi connectivity index (χ2n) is 11.2. The van der Waals surface area contributed by atoms with Crippen LogP contribution in [-0.4, -0.2) is 19.1 Å². The number of unbranched alkanes of at least 4 members (excludes halogenated alkanes) is 5. The van der Waals surface area contributed by atoms with Crippen LogP contribution < -0.4 is 4.74 Å². The molecule has 0 saturated carbocycles. The fourth-order valence-corrected chi connectivity index (χ4v) is 7.78. The van der Waals surface area contributed by atoms with Gasteiger partial charge in [0.2, 0.25) is 11.6 Å². The van der Waals surface area contributed by atoms with Gasteiger partial charge in [0.25, 0.3) is 0 Å². The third kappa shape index (κ3) is 11.1. The summed E-state index contributed by atoms with van der Waals surface area (Å²) in [5.41, 5.74) is 1.30. The van der Waals surface area contributed by atoms with E-state index in [0.29, 0.717) is 25.7 Å². The van der Waals surface area contributed by atoms with E-state index in [4.69, 9.17) is 4.74 Å². The molecule has 0 saturated heterocycles. The molecule has 0 aliphatic heterocycles. The van der Waals surface area contributed by atoms with Gasteiger partial charge in [-0.3, -0.25) is 0 Å². The smallest absolute Gasteiger partial charge is 0.205 e. The number of aryl methyl sites for hydroxylation is 1. The van der Waals surface area contributed by atoms with Crippen LogP contribution >= 0.6 is 0 Å². The minimum atomic E-state index is -5.62. The van der Waals surface area contributed by atoms with E-state index in [9.17, 15) is 30.5 Å². The Morgan fingerprint density at radius 1 is 0.638 bits per heavy atom. The molecule has 1 atom stereocenters. The van der Waals surface area contributed by atoms with Crippen molar-refractivity contribution >= 4 is 21.0 Å². The van der Waals surface area contributed by atoms with Gasteiger partial charge in [0.1, 0.15) is 15.0 Å². The van der Waals surface area contributed by atoms with Crippen LogP contribution in [0.3, 0.4) is 0 Å². The Balaban J connectivity index is 0.000000265. The van der Waals surface area contributed by atoms with Crippen LogP contribution in [0.5, 0.6) is 5.75 Å². The molecule has 0 radical (unpaired) electrons. The Morgan fingerprint density at radius 2 is 1.13 bits per heavy atom. The predicted octanol–water partition coefficient (Wildman–Crippen LogP) is 10.5. The van der Waals surface area contributed by atoms with E-state index in [0.717, 1.165) is 32.1 Å². The van der Waals surface area contributed by atoms with Crippen molar-refractivity contribution in [3.05, 3.63) is 114 Å². The van der Waals surface area contributed by atoms with Crippen molar-refractivity contribution in [2.24, 2.45) is 0 Å². The van der Waals surface area contributed by atoms with Gasteiger partial charge < -0.3 is 9.29 Å². The summed E-state index contributed by atoms with van der Waals surface area (Å²) in [6.45, 7) is 6.01. The summed E-state index contributed by atoms with van der Waals surface area (Å²) in [7, 11) is -5.64. The van der Waals surface area contributed by atoms with Crippen LogP contribution in [0.1, 0.15) is 77.2 Å². The van der Waals surface area contributed by atoms with Gasteiger partial charge in [-0.15, -0.1) is 0 Å². The summed E-state index contributed by atoms with van der Waals surface area (Å²) < 4.78 is 93.7. The van der Waals surface area contributed by atoms with Crippen LogP contribution in [0.15, 0.2) is 105 Å². The molecule has 1 unspecified atom stereocenters. The highest BCUT2D eigenvalue weighted by molar-refractivity contribution is 7.97. The maximum Gasteiger partial charge on any atom is 0.205 e. The lowest BCUT2D eigenvalue weighted by atomic mass is 10.0. The number of hydrogen-bond acceptors (Lipinski definition) is 4. The van der Waals surface area contributed by atoms with Crippen LogP contribution in [0, 0.1) is 30.2 Å². The highest BCUT2D eigenvalue weighted by Crippen LogP contribution is 2.36. The molecule has 0 aromatic heterocycles. The summed E-state index contributed by atoms with van der Waals surface area (Å²) in [6, 6.07) is 30.4. The fourth-order valence-electron chi connectivity index (χ4n) is 5.02. The van der Waals surface area contributed by atoms with E-state index in [2.05, 4.69) is 98.8 Å². The fraction of sp³-hybridized carbons (Fsp3) is 0.351. The summed E-state index contributed by atoms with van der Waals surface area (Å²) in [4.78, 5) is 2.26. The van der Waals surface area contributed by atoms with E-state index in [1.807, 2.05) is 0 Å². The highest BCUT2D eigenvalue weighted by Gasteiger charge is 2.31. The molecule has 0 aliphatic carbocycles. The Labute approximate surface area is 279 Å². The third-order valence-corrected chi connectivity index (χ3v) is 10.5. The first kappa shape index (κ1) is 38.1.